The van der Waals surface area contributed by atoms with Crippen LogP contribution in [-0.4, -0.2) is 38.8 Å². The summed E-state index contributed by atoms with van der Waals surface area (Å²) in [5.41, 5.74) is 8.53. The van der Waals surface area contributed by atoms with Crippen molar-refractivity contribution in [1.29, 1.82) is 0 Å². The molecule has 6 nitrogen and oxygen atoms in total. The molecule has 0 unspecified atom stereocenters. The van der Waals surface area contributed by atoms with Gasteiger partial charge in [-0.15, -0.1) is 0 Å². The van der Waals surface area contributed by atoms with E-state index in [9.17, 15) is 4.79 Å². The summed E-state index contributed by atoms with van der Waals surface area (Å²) < 4.78 is 0. The highest BCUT2D eigenvalue weighted by Crippen LogP contribution is 2.28. The SMILES string of the molecule is NC(=O)c1cccc2[nH]c([C@H]3CCN(Cc4ccccn4)C3)nc12. The van der Waals surface area contributed by atoms with Crippen molar-refractivity contribution in [1.82, 2.24) is 19.9 Å². The number of hydrogen-bond donors (Lipinski definition) is 2. The van der Waals surface area contributed by atoms with Gasteiger partial charge in [-0.1, -0.05) is 12.1 Å². The Bertz CT molecular complexity index is 874. The number of carbonyl (C=O) groups excluding carboxylic acids is 1. The van der Waals surface area contributed by atoms with Gasteiger partial charge in [-0.05, 0) is 37.2 Å². The predicted octanol–water partition coefficient (Wildman–Crippen LogP) is 2.05. The van der Waals surface area contributed by atoms with Crippen LogP contribution in [0.5, 0.6) is 0 Å². The molecule has 0 spiro atoms. The lowest BCUT2D eigenvalue weighted by Gasteiger charge is -2.14. The number of benzene rings is 1. The molecule has 1 saturated heterocycles. The van der Waals surface area contributed by atoms with Gasteiger partial charge in [0, 0.05) is 25.2 Å². The molecule has 3 heterocycles. The number of likely N-dealkylation sites (tertiary alicyclic amines) is 1. The number of imidazole rings is 1. The second-order valence-corrected chi connectivity index (χ2v) is 6.23. The Morgan fingerprint density at radius 2 is 2.21 bits per heavy atom. The normalized spacial score (nSPS) is 18.2. The van der Waals surface area contributed by atoms with Crippen molar-refractivity contribution in [2.24, 2.45) is 5.73 Å². The number of fused-ring (bicyclic) bond motifs is 1. The van der Waals surface area contributed by atoms with Gasteiger partial charge in [-0.2, -0.15) is 0 Å². The molecule has 0 saturated carbocycles. The quantitative estimate of drug-likeness (QED) is 0.770. The smallest absolute Gasteiger partial charge is 0.250 e. The zero-order valence-electron chi connectivity index (χ0n) is 13.3. The van der Waals surface area contributed by atoms with E-state index in [0.29, 0.717) is 17.0 Å². The van der Waals surface area contributed by atoms with Crippen LogP contribution in [0.3, 0.4) is 0 Å². The third kappa shape index (κ3) is 2.76. The van der Waals surface area contributed by atoms with E-state index in [1.165, 1.54) is 0 Å². The predicted molar refractivity (Wildman–Crippen MR) is 91.5 cm³/mol. The van der Waals surface area contributed by atoms with Crippen molar-refractivity contribution in [2.75, 3.05) is 13.1 Å². The average molecular weight is 321 g/mol. The maximum absolute atomic E-state index is 11.6. The molecule has 3 N–H and O–H groups in total. The highest BCUT2D eigenvalue weighted by atomic mass is 16.1. The summed E-state index contributed by atoms with van der Waals surface area (Å²) in [4.78, 5) is 26.3. The number of carbonyl (C=O) groups is 1. The van der Waals surface area contributed by atoms with Crippen molar-refractivity contribution in [2.45, 2.75) is 18.9 Å². The second-order valence-electron chi connectivity index (χ2n) is 6.23. The van der Waals surface area contributed by atoms with Crippen LogP contribution in [0.4, 0.5) is 0 Å². The van der Waals surface area contributed by atoms with E-state index in [4.69, 9.17) is 5.73 Å². The minimum atomic E-state index is -0.443. The summed E-state index contributed by atoms with van der Waals surface area (Å²) in [6.07, 6.45) is 2.87. The highest BCUT2D eigenvalue weighted by Gasteiger charge is 2.27. The fourth-order valence-corrected chi connectivity index (χ4v) is 3.36. The third-order valence-corrected chi connectivity index (χ3v) is 4.57. The number of aromatic nitrogens is 3. The molecule has 122 valence electrons. The molecule has 24 heavy (non-hydrogen) atoms. The summed E-state index contributed by atoms with van der Waals surface area (Å²) in [7, 11) is 0. The molecular weight excluding hydrogens is 302 g/mol. The zero-order valence-corrected chi connectivity index (χ0v) is 13.3. The molecule has 0 radical (unpaired) electrons. The van der Waals surface area contributed by atoms with Gasteiger partial charge in [0.25, 0.3) is 5.91 Å². The number of nitrogens with two attached hydrogens (primary N) is 1. The van der Waals surface area contributed by atoms with Crippen LogP contribution in [0, 0.1) is 0 Å². The minimum Gasteiger partial charge on any atom is -0.366 e. The van der Waals surface area contributed by atoms with Crippen LogP contribution in [0.2, 0.25) is 0 Å². The van der Waals surface area contributed by atoms with E-state index in [-0.39, 0.29) is 0 Å². The number of primary amides is 1. The second kappa shape index (κ2) is 6.05. The first-order valence-corrected chi connectivity index (χ1v) is 8.11. The molecule has 1 aliphatic rings. The van der Waals surface area contributed by atoms with Gasteiger partial charge >= 0.3 is 0 Å². The van der Waals surface area contributed by atoms with Gasteiger partial charge in [0.05, 0.1) is 16.8 Å². The Morgan fingerprint density at radius 3 is 3.00 bits per heavy atom. The number of nitrogens with one attached hydrogen (secondary N) is 1. The van der Waals surface area contributed by atoms with Crippen LogP contribution in [-0.2, 0) is 6.54 Å². The number of rotatable bonds is 4. The molecule has 3 aromatic rings. The number of hydrogen-bond acceptors (Lipinski definition) is 4. The fraction of sp³-hybridized carbons (Fsp3) is 0.278. The molecule has 6 heteroatoms. The molecule has 1 amide bonds. The molecule has 0 aliphatic carbocycles. The number of pyridine rings is 1. The highest BCUT2D eigenvalue weighted by molar-refractivity contribution is 6.04. The number of para-hydroxylation sites is 1. The van der Waals surface area contributed by atoms with Crippen LogP contribution >= 0.6 is 0 Å². The molecule has 1 atom stereocenters. The molecule has 4 rings (SSSR count). The average Bonchev–Trinajstić information content (AvgIpc) is 3.21. The van der Waals surface area contributed by atoms with Crippen molar-refractivity contribution >= 4 is 16.9 Å². The van der Waals surface area contributed by atoms with Gasteiger partial charge in [0.15, 0.2) is 0 Å². The van der Waals surface area contributed by atoms with Crippen molar-refractivity contribution < 1.29 is 4.79 Å². The zero-order chi connectivity index (χ0) is 16.5. The van der Waals surface area contributed by atoms with Gasteiger partial charge < -0.3 is 10.7 Å². The molecule has 1 aromatic carbocycles. The number of nitrogens with zero attached hydrogens (tertiary/aromatic N) is 3. The Hall–Kier alpha value is -2.73. The van der Waals surface area contributed by atoms with E-state index >= 15 is 0 Å². The topological polar surface area (TPSA) is 87.9 Å². The van der Waals surface area contributed by atoms with Crippen LogP contribution in [0.1, 0.15) is 34.2 Å². The first-order chi connectivity index (χ1) is 11.7. The van der Waals surface area contributed by atoms with Crippen LogP contribution in [0.25, 0.3) is 11.0 Å². The number of H-pyrrole nitrogens is 1. The molecule has 1 fully saturated rings. The van der Waals surface area contributed by atoms with Crippen molar-refractivity contribution in [3.63, 3.8) is 0 Å². The third-order valence-electron chi connectivity index (χ3n) is 4.57. The van der Waals surface area contributed by atoms with E-state index in [1.54, 1.807) is 6.07 Å². The van der Waals surface area contributed by atoms with E-state index in [2.05, 4.69) is 19.9 Å². The molecule has 1 aliphatic heterocycles. The summed E-state index contributed by atoms with van der Waals surface area (Å²) >= 11 is 0. The lowest BCUT2D eigenvalue weighted by Crippen LogP contribution is -2.20. The minimum absolute atomic E-state index is 0.335. The molecular formula is C18H19N5O. The monoisotopic (exact) mass is 321 g/mol. The first kappa shape index (κ1) is 14.8. The Kier molecular flexibility index (Phi) is 3.74. The van der Waals surface area contributed by atoms with Crippen LogP contribution in [0.15, 0.2) is 42.6 Å². The van der Waals surface area contributed by atoms with Gasteiger partial charge in [-0.25, -0.2) is 4.98 Å². The fourth-order valence-electron chi connectivity index (χ4n) is 3.36. The van der Waals surface area contributed by atoms with Gasteiger partial charge in [-0.3, -0.25) is 14.7 Å². The van der Waals surface area contributed by atoms with Crippen LogP contribution < -0.4 is 5.73 Å². The largest absolute Gasteiger partial charge is 0.366 e. The number of amides is 1. The van der Waals surface area contributed by atoms with E-state index in [1.807, 2.05) is 36.5 Å². The Morgan fingerprint density at radius 1 is 1.29 bits per heavy atom. The summed E-state index contributed by atoms with van der Waals surface area (Å²) in [6, 6.07) is 11.5. The number of aromatic amines is 1. The molecule has 0 bridgehead atoms. The first-order valence-electron chi connectivity index (χ1n) is 8.11. The maximum Gasteiger partial charge on any atom is 0.250 e. The molecule has 2 aromatic heterocycles. The van der Waals surface area contributed by atoms with E-state index < -0.39 is 5.91 Å². The summed E-state index contributed by atoms with van der Waals surface area (Å²) in [5, 5.41) is 0. The summed E-state index contributed by atoms with van der Waals surface area (Å²) in [6.45, 7) is 2.80. The Labute approximate surface area is 139 Å². The standard InChI is InChI=1S/C18H19N5O/c19-17(24)14-5-3-6-15-16(14)22-18(21-15)12-7-9-23(10-12)11-13-4-1-2-8-20-13/h1-6,8,12H,7,9-11H2,(H2,19,24)(H,21,22)/t12-/m0/s1. The van der Waals surface area contributed by atoms with Gasteiger partial charge in [0.2, 0.25) is 0 Å². The van der Waals surface area contributed by atoms with E-state index in [0.717, 1.165) is 43.1 Å². The summed E-state index contributed by atoms with van der Waals surface area (Å²) in [5.74, 6) is 0.825. The maximum atomic E-state index is 11.6. The van der Waals surface area contributed by atoms with Gasteiger partial charge in [0.1, 0.15) is 11.3 Å². The van der Waals surface area contributed by atoms with Crippen molar-refractivity contribution in [3.05, 3.63) is 59.7 Å². The van der Waals surface area contributed by atoms with Crippen molar-refractivity contribution in [3.8, 4) is 0 Å². The lowest BCUT2D eigenvalue weighted by atomic mass is 10.1. The lowest BCUT2D eigenvalue weighted by molar-refractivity contribution is 0.100. The Balaban J connectivity index is 1.54.